The molecule has 1 aromatic carbocycles. The third-order valence-electron chi connectivity index (χ3n) is 2.64. The summed E-state index contributed by atoms with van der Waals surface area (Å²) in [5.74, 6) is 0.796. The van der Waals surface area contributed by atoms with E-state index in [-0.39, 0.29) is 6.61 Å². The van der Waals surface area contributed by atoms with Crippen LogP contribution in [0.1, 0.15) is 34.5 Å². The summed E-state index contributed by atoms with van der Waals surface area (Å²) in [4.78, 5) is 16.0. The van der Waals surface area contributed by atoms with E-state index in [1.807, 2.05) is 13.8 Å². The zero-order chi connectivity index (χ0) is 13.8. The topological polar surface area (TPSA) is 67.9 Å². The second kappa shape index (κ2) is 5.84. The van der Waals surface area contributed by atoms with Gasteiger partial charge in [-0.1, -0.05) is 24.6 Å². The number of rotatable bonds is 4. The lowest BCUT2D eigenvalue weighted by Crippen LogP contribution is -2.06. The van der Waals surface area contributed by atoms with Gasteiger partial charge in [-0.05, 0) is 24.6 Å². The van der Waals surface area contributed by atoms with Gasteiger partial charge in [0, 0.05) is 11.4 Å². The van der Waals surface area contributed by atoms with Crippen LogP contribution in [0.5, 0.6) is 0 Å². The zero-order valence-electron chi connectivity index (χ0n) is 10.7. The fourth-order valence-electron chi connectivity index (χ4n) is 1.49. The van der Waals surface area contributed by atoms with Crippen LogP contribution in [-0.2, 0) is 17.8 Å². The highest BCUT2D eigenvalue weighted by Crippen LogP contribution is 2.17. The molecule has 100 valence electrons. The summed E-state index contributed by atoms with van der Waals surface area (Å²) < 4.78 is 5.14. The van der Waals surface area contributed by atoms with Gasteiger partial charge in [0.15, 0.2) is 18.3 Å². The first-order valence-corrected chi connectivity index (χ1v) is 6.31. The van der Waals surface area contributed by atoms with E-state index in [9.17, 15) is 4.79 Å². The molecule has 0 unspecified atom stereocenters. The Kier molecular flexibility index (Phi) is 4.16. The third kappa shape index (κ3) is 3.32. The summed E-state index contributed by atoms with van der Waals surface area (Å²) in [5, 5.41) is 7.23. The number of ether oxygens (including phenoxy) is 1. The van der Waals surface area contributed by atoms with E-state index in [4.69, 9.17) is 16.3 Å². The van der Waals surface area contributed by atoms with Crippen LogP contribution in [0.25, 0.3) is 0 Å². The Labute approximate surface area is 116 Å². The van der Waals surface area contributed by atoms with E-state index in [0.717, 1.165) is 12.0 Å². The molecule has 0 spiro atoms. The average Bonchev–Trinajstić information content (AvgIpc) is 2.87. The predicted octanol–water partition coefficient (Wildman–Crippen LogP) is 2.69. The number of benzene rings is 1. The standard InChI is InChI=1S/C13H14ClN3O2/c1-3-11-15-12(17-16-11)7-19-13(18)9-5-4-8(2)10(14)6-9/h4-6H,3,7H2,1-2H3,(H,15,16,17). The summed E-state index contributed by atoms with van der Waals surface area (Å²) in [6.45, 7) is 3.89. The molecule has 1 heterocycles. The van der Waals surface area contributed by atoms with E-state index in [0.29, 0.717) is 22.2 Å². The van der Waals surface area contributed by atoms with Crippen LogP contribution >= 0.6 is 11.6 Å². The Hall–Kier alpha value is -1.88. The third-order valence-corrected chi connectivity index (χ3v) is 3.05. The first-order valence-electron chi connectivity index (χ1n) is 5.93. The summed E-state index contributed by atoms with van der Waals surface area (Å²) in [7, 11) is 0. The van der Waals surface area contributed by atoms with Crippen LogP contribution in [-0.4, -0.2) is 21.2 Å². The van der Waals surface area contributed by atoms with E-state index in [2.05, 4.69) is 15.2 Å². The Balaban J connectivity index is 1.99. The summed E-state index contributed by atoms with van der Waals surface area (Å²) in [6.07, 6.45) is 0.734. The second-order valence-corrected chi connectivity index (χ2v) is 4.50. The number of hydrogen-bond donors (Lipinski definition) is 1. The van der Waals surface area contributed by atoms with Crippen molar-refractivity contribution in [1.82, 2.24) is 15.2 Å². The first-order chi connectivity index (χ1) is 9.10. The Bertz CT molecular complexity index is 595. The van der Waals surface area contributed by atoms with Gasteiger partial charge in [-0.25, -0.2) is 9.78 Å². The smallest absolute Gasteiger partial charge is 0.338 e. The molecule has 0 fully saturated rings. The number of aryl methyl sites for hydroxylation is 2. The van der Waals surface area contributed by atoms with Gasteiger partial charge >= 0.3 is 5.97 Å². The highest BCUT2D eigenvalue weighted by Gasteiger charge is 2.10. The van der Waals surface area contributed by atoms with E-state index < -0.39 is 5.97 Å². The number of carbonyl (C=O) groups excluding carboxylic acids is 1. The maximum absolute atomic E-state index is 11.8. The fourth-order valence-corrected chi connectivity index (χ4v) is 1.68. The minimum atomic E-state index is -0.434. The maximum atomic E-state index is 11.8. The van der Waals surface area contributed by atoms with E-state index in [1.54, 1.807) is 18.2 Å². The molecule has 0 radical (unpaired) electrons. The van der Waals surface area contributed by atoms with Crippen LogP contribution in [0.3, 0.4) is 0 Å². The summed E-state index contributed by atoms with van der Waals surface area (Å²) >= 11 is 5.96. The van der Waals surface area contributed by atoms with Crippen LogP contribution in [0.2, 0.25) is 5.02 Å². The Morgan fingerprint density at radius 3 is 2.89 bits per heavy atom. The average molecular weight is 280 g/mol. The monoisotopic (exact) mass is 279 g/mol. The quantitative estimate of drug-likeness (QED) is 0.874. The van der Waals surface area contributed by atoms with Crippen LogP contribution in [0.4, 0.5) is 0 Å². The minimum absolute atomic E-state index is 0.0668. The number of aromatic nitrogens is 3. The van der Waals surface area contributed by atoms with Crippen molar-refractivity contribution in [2.24, 2.45) is 0 Å². The van der Waals surface area contributed by atoms with Crippen molar-refractivity contribution in [3.8, 4) is 0 Å². The molecule has 1 N–H and O–H groups in total. The van der Waals surface area contributed by atoms with Gasteiger partial charge < -0.3 is 4.74 Å². The molecule has 0 amide bonds. The van der Waals surface area contributed by atoms with Crippen molar-refractivity contribution in [1.29, 1.82) is 0 Å². The molecule has 0 saturated carbocycles. The molecule has 0 aliphatic rings. The van der Waals surface area contributed by atoms with Crippen LogP contribution in [0, 0.1) is 6.92 Å². The van der Waals surface area contributed by atoms with Crippen LogP contribution < -0.4 is 0 Å². The lowest BCUT2D eigenvalue weighted by atomic mass is 10.1. The molecule has 6 heteroatoms. The highest BCUT2D eigenvalue weighted by molar-refractivity contribution is 6.31. The lowest BCUT2D eigenvalue weighted by Gasteiger charge is -2.04. The van der Waals surface area contributed by atoms with Gasteiger partial charge in [0.25, 0.3) is 0 Å². The van der Waals surface area contributed by atoms with Gasteiger partial charge in [0.05, 0.1) is 5.56 Å². The molecule has 2 aromatic rings. The number of esters is 1. The SMILES string of the molecule is CCc1n[nH]c(COC(=O)c2ccc(C)c(Cl)c2)n1. The molecule has 2 rings (SSSR count). The fraction of sp³-hybridized carbons (Fsp3) is 0.308. The number of nitrogens with zero attached hydrogens (tertiary/aromatic N) is 2. The van der Waals surface area contributed by atoms with Crippen molar-refractivity contribution < 1.29 is 9.53 Å². The van der Waals surface area contributed by atoms with E-state index in [1.165, 1.54) is 0 Å². The first kappa shape index (κ1) is 13.5. The number of hydrogen-bond acceptors (Lipinski definition) is 4. The molecule has 0 aliphatic heterocycles. The number of halogens is 1. The van der Waals surface area contributed by atoms with E-state index >= 15 is 0 Å². The Morgan fingerprint density at radius 1 is 1.47 bits per heavy atom. The number of aromatic amines is 1. The highest BCUT2D eigenvalue weighted by atomic mass is 35.5. The number of carbonyl (C=O) groups is 1. The lowest BCUT2D eigenvalue weighted by molar-refractivity contribution is 0.0462. The molecular weight excluding hydrogens is 266 g/mol. The zero-order valence-corrected chi connectivity index (χ0v) is 11.5. The number of nitrogens with one attached hydrogen (secondary N) is 1. The van der Waals surface area contributed by atoms with Crippen LogP contribution in [0.15, 0.2) is 18.2 Å². The molecule has 1 aromatic heterocycles. The van der Waals surface area contributed by atoms with Gasteiger partial charge in [0.1, 0.15) is 0 Å². The normalized spacial score (nSPS) is 10.5. The minimum Gasteiger partial charge on any atom is -0.454 e. The Morgan fingerprint density at radius 2 is 2.26 bits per heavy atom. The van der Waals surface area contributed by atoms with Gasteiger partial charge in [-0.2, -0.15) is 5.10 Å². The largest absolute Gasteiger partial charge is 0.454 e. The van der Waals surface area contributed by atoms with Crippen molar-refractivity contribution >= 4 is 17.6 Å². The van der Waals surface area contributed by atoms with Gasteiger partial charge in [-0.15, -0.1) is 0 Å². The second-order valence-electron chi connectivity index (χ2n) is 4.09. The molecule has 0 atom stereocenters. The van der Waals surface area contributed by atoms with Gasteiger partial charge in [0.2, 0.25) is 0 Å². The summed E-state index contributed by atoms with van der Waals surface area (Å²) in [6, 6.07) is 5.06. The van der Waals surface area contributed by atoms with Gasteiger partial charge in [-0.3, -0.25) is 5.10 Å². The molecule has 0 bridgehead atoms. The number of H-pyrrole nitrogens is 1. The molecular formula is C13H14ClN3O2. The van der Waals surface area contributed by atoms with Crippen molar-refractivity contribution in [2.45, 2.75) is 26.9 Å². The molecule has 0 saturated heterocycles. The molecule has 19 heavy (non-hydrogen) atoms. The van der Waals surface area contributed by atoms with Crippen molar-refractivity contribution in [3.05, 3.63) is 46.0 Å². The van der Waals surface area contributed by atoms with Crippen molar-refractivity contribution in [2.75, 3.05) is 0 Å². The predicted molar refractivity (Wildman–Crippen MR) is 71.1 cm³/mol. The molecule has 5 nitrogen and oxygen atoms in total. The maximum Gasteiger partial charge on any atom is 0.338 e. The molecule has 0 aliphatic carbocycles. The summed E-state index contributed by atoms with van der Waals surface area (Å²) in [5.41, 5.74) is 1.34. The van der Waals surface area contributed by atoms with Crippen molar-refractivity contribution in [3.63, 3.8) is 0 Å².